The summed E-state index contributed by atoms with van der Waals surface area (Å²) in [6, 6.07) is 7.57. The highest BCUT2D eigenvalue weighted by atomic mass is 35.5. The molecule has 3 aromatic rings. The standard InChI is InChI=1S/C18H15ClN4O3S/c1-26-16(25)9-27-18-21-17-20-8-13-14(23(17)22-18)6-11(7-15(13)24)10-3-2-4-12(19)5-10/h2-5,8,11H,6-7,9H2,1H3. The van der Waals surface area contributed by atoms with Crippen molar-refractivity contribution in [3.63, 3.8) is 0 Å². The average Bonchev–Trinajstić information content (AvgIpc) is 3.09. The summed E-state index contributed by atoms with van der Waals surface area (Å²) in [5.74, 6) is 0.199. The monoisotopic (exact) mass is 402 g/mol. The lowest BCUT2D eigenvalue weighted by Gasteiger charge is -2.24. The van der Waals surface area contributed by atoms with Crippen LogP contribution < -0.4 is 0 Å². The third-order valence-electron chi connectivity index (χ3n) is 4.49. The SMILES string of the molecule is COC(=O)CSc1nc2ncc3c(n2n1)CC(c1cccc(Cl)c1)CC3=O. The van der Waals surface area contributed by atoms with Gasteiger partial charge < -0.3 is 4.74 Å². The molecule has 0 bridgehead atoms. The van der Waals surface area contributed by atoms with E-state index >= 15 is 0 Å². The smallest absolute Gasteiger partial charge is 0.316 e. The zero-order valence-electron chi connectivity index (χ0n) is 14.4. The van der Waals surface area contributed by atoms with E-state index in [9.17, 15) is 9.59 Å². The largest absolute Gasteiger partial charge is 0.468 e. The first-order valence-electron chi connectivity index (χ1n) is 8.28. The van der Waals surface area contributed by atoms with Crippen LogP contribution in [0.1, 0.15) is 34.0 Å². The second kappa shape index (κ2) is 7.28. The van der Waals surface area contributed by atoms with Gasteiger partial charge in [-0.05, 0) is 30.0 Å². The maximum Gasteiger partial charge on any atom is 0.316 e. The number of ether oxygens (including phenoxy) is 1. The van der Waals surface area contributed by atoms with Gasteiger partial charge in [0, 0.05) is 17.6 Å². The number of rotatable bonds is 4. The molecule has 0 N–H and O–H groups in total. The molecule has 1 atom stereocenters. The lowest BCUT2D eigenvalue weighted by Crippen LogP contribution is -2.22. The number of fused-ring (bicyclic) bond motifs is 3. The Labute approximate surface area is 164 Å². The first kappa shape index (κ1) is 17.9. The van der Waals surface area contributed by atoms with Crippen LogP contribution in [0.3, 0.4) is 0 Å². The molecule has 0 saturated carbocycles. The van der Waals surface area contributed by atoms with Gasteiger partial charge in [0.2, 0.25) is 5.16 Å². The topological polar surface area (TPSA) is 86.4 Å². The Morgan fingerprint density at radius 2 is 2.26 bits per heavy atom. The van der Waals surface area contributed by atoms with Crippen molar-refractivity contribution in [1.82, 2.24) is 19.6 Å². The van der Waals surface area contributed by atoms with Gasteiger partial charge in [0.15, 0.2) is 5.78 Å². The number of hydrogen-bond donors (Lipinski definition) is 0. The lowest BCUT2D eigenvalue weighted by atomic mass is 9.82. The van der Waals surface area contributed by atoms with E-state index in [4.69, 9.17) is 11.6 Å². The van der Waals surface area contributed by atoms with Crippen molar-refractivity contribution in [3.05, 3.63) is 52.3 Å². The lowest BCUT2D eigenvalue weighted by molar-refractivity contribution is -0.137. The number of Topliss-reactive ketones (excluding diaryl/α,β-unsaturated/α-hetero) is 1. The van der Waals surface area contributed by atoms with Gasteiger partial charge in [0.05, 0.1) is 24.1 Å². The van der Waals surface area contributed by atoms with Gasteiger partial charge in [0.1, 0.15) is 0 Å². The molecule has 27 heavy (non-hydrogen) atoms. The van der Waals surface area contributed by atoms with Crippen molar-refractivity contribution in [2.45, 2.75) is 23.9 Å². The molecule has 9 heteroatoms. The Morgan fingerprint density at radius 3 is 3.04 bits per heavy atom. The van der Waals surface area contributed by atoms with Gasteiger partial charge in [-0.3, -0.25) is 9.59 Å². The molecule has 7 nitrogen and oxygen atoms in total. The number of methoxy groups -OCH3 is 1. The Bertz CT molecular complexity index is 1050. The second-order valence-corrected chi connectivity index (χ2v) is 7.55. The molecular formula is C18H15ClN4O3S. The molecule has 1 aliphatic carbocycles. The van der Waals surface area contributed by atoms with Gasteiger partial charge in [-0.2, -0.15) is 9.50 Å². The maximum atomic E-state index is 12.7. The quantitative estimate of drug-likeness (QED) is 0.489. The molecule has 0 fully saturated rings. The Hall–Kier alpha value is -2.45. The van der Waals surface area contributed by atoms with E-state index in [1.165, 1.54) is 18.9 Å². The molecule has 0 aliphatic heterocycles. The molecule has 2 heterocycles. The fourth-order valence-electron chi connectivity index (χ4n) is 3.17. The molecule has 1 aromatic carbocycles. The fourth-order valence-corrected chi connectivity index (χ4v) is 4.02. The minimum Gasteiger partial charge on any atom is -0.468 e. The van der Waals surface area contributed by atoms with Gasteiger partial charge >= 0.3 is 5.97 Å². The van der Waals surface area contributed by atoms with Crippen molar-refractivity contribution in [3.8, 4) is 0 Å². The normalized spacial score (nSPS) is 16.4. The maximum absolute atomic E-state index is 12.7. The van der Waals surface area contributed by atoms with Crippen LogP contribution in [0.25, 0.3) is 5.78 Å². The summed E-state index contributed by atoms with van der Waals surface area (Å²) in [6.07, 6.45) is 2.59. The van der Waals surface area contributed by atoms with Crippen LogP contribution in [-0.2, 0) is 16.0 Å². The van der Waals surface area contributed by atoms with E-state index in [1.54, 1.807) is 10.7 Å². The predicted octanol–water partition coefficient (Wildman–Crippen LogP) is 2.96. The number of benzene rings is 1. The van der Waals surface area contributed by atoms with Gasteiger partial charge in [-0.15, -0.1) is 5.10 Å². The van der Waals surface area contributed by atoms with E-state index in [0.29, 0.717) is 34.4 Å². The Balaban J connectivity index is 1.69. The van der Waals surface area contributed by atoms with Crippen LogP contribution in [0.4, 0.5) is 0 Å². The van der Waals surface area contributed by atoms with E-state index in [0.717, 1.165) is 11.3 Å². The number of aromatic nitrogens is 4. The zero-order chi connectivity index (χ0) is 19.0. The van der Waals surface area contributed by atoms with Crippen molar-refractivity contribution in [2.24, 2.45) is 0 Å². The van der Waals surface area contributed by atoms with Crippen LogP contribution in [0.15, 0.2) is 35.6 Å². The van der Waals surface area contributed by atoms with Gasteiger partial charge in [-0.25, -0.2) is 4.98 Å². The molecular weight excluding hydrogens is 388 g/mol. The molecule has 4 rings (SSSR count). The third-order valence-corrected chi connectivity index (χ3v) is 5.53. The fraction of sp³-hybridized carbons (Fsp3) is 0.278. The van der Waals surface area contributed by atoms with E-state index in [-0.39, 0.29) is 23.4 Å². The number of nitrogens with zero attached hydrogens (tertiary/aromatic N) is 4. The summed E-state index contributed by atoms with van der Waals surface area (Å²) in [5.41, 5.74) is 2.36. The highest BCUT2D eigenvalue weighted by molar-refractivity contribution is 7.99. The molecule has 138 valence electrons. The highest BCUT2D eigenvalue weighted by Gasteiger charge is 2.29. The van der Waals surface area contributed by atoms with E-state index in [2.05, 4.69) is 19.8 Å². The first-order chi connectivity index (χ1) is 13.0. The molecule has 0 radical (unpaired) electrons. The summed E-state index contributed by atoms with van der Waals surface area (Å²) in [6.45, 7) is 0. The second-order valence-electron chi connectivity index (χ2n) is 6.17. The third kappa shape index (κ3) is 3.54. The minimum absolute atomic E-state index is 0.0182. The van der Waals surface area contributed by atoms with Crippen molar-refractivity contribution in [2.75, 3.05) is 12.9 Å². The summed E-state index contributed by atoms with van der Waals surface area (Å²) in [4.78, 5) is 32.6. The number of halogens is 1. The first-order valence-corrected chi connectivity index (χ1v) is 9.64. The van der Waals surface area contributed by atoms with Crippen LogP contribution >= 0.6 is 23.4 Å². The van der Waals surface area contributed by atoms with Crippen molar-refractivity contribution < 1.29 is 14.3 Å². The van der Waals surface area contributed by atoms with Gasteiger partial charge in [-0.1, -0.05) is 35.5 Å². The molecule has 1 aliphatic rings. The van der Waals surface area contributed by atoms with Crippen LogP contribution in [-0.4, -0.2) is 44.2 Å². The number of ketones is 1. The Kier molecular flexibility index (Phi) is 4.84. The molecule has 2 aromatic heterocycles. The molecule has 0 saturated heterocycles. The summed E-state index contributed by atoms with van der Waals surface area (Å²) in [5, 5.41) is 5.49. The number of hydrogen-bond acceptors (Lipinski definition) is 7. The molecule has 0 spiro atoms. The number of esters is 1. The average molecular weight is 403 g/mol. The van der Waals surface area contributed by atoms with E-state index in [1.807, 2.05) is 24.3 Å². The minimum atomic E-state index is -0.356. The molecule has 0 amide bonds. The summed E-state index contributed by atoms with van der Waals surface area (Å²) in [7, 11) is 1.33. The van der Waals surface area contributed by atoms with Crippen molar-refractivity contribution >= 4 is 40.9 Å². The van der Waals surface area contributed by atoms with Crippen molar-refractivity contribution in [1.29, 1.82) is 0 Å². The number of thioether (sulfide) groups is 1. The van der Waals surface area contributed by atoms with Crippen LogP contribution in [0.2, 0.25) is 5.02 Å². The highest BCUT2D eigenvalue weighted by Crippen LogP contribution is 2.33. The van der Waals surface area contributed by atoms with Crippen LogP contribution in [0.5, 0.6) is 0 Å². The summed E-state index contributed by atoms with van der Waals surface area (Å²) >= 11 is 7.28. The zero-order valence-corrected chi connectivity index (χ0v) is 16.0. The predicted molar refractivity (Wildman–Crippen MR) is 100 cm³/mol. The van der Waals surface area contributed by atoms with E-state index < -0.39 is 0 Å². The number of carbonyl (C=O) groups excluding carboxylic acids is 2. The summed E-state index contributed by atoms with van der Waals surface area (Å²) < 4.78 is 6.23. The van der Waals surface area contributed by atoms with Gasteiger partial charge in [0.25, 0.3) is 5.78 Å². The van der Waals surface area contributed by atoms with Crippen LogP contribution in [0, 0.1) is 0 Å². The Morgan fingerprint density at radius 1 is 1.41 bits per heavy atom. The number of carbonyl (C=O) groups is 2. The molecule has 1 unspecified atom stereocenters.